The summed E-state index contributed by atoms with van der Waals surface area (Å²) in [5.41, 5.74) is 5.65. The summed E-state index contributed by atoms with van der Waals surface area (Å²) in [6, 6.07) is 5.73. The normalized spacial score (nSPS) is 12.9. The first-order valence-electron chi connectivity index (χ1n) is 4.43. The molecule has 0 bridgehead atoms. The average molecular weight is 250 g/mol. The van der Waals surface area contributed by atoms with Crippen LogP contribution >= 0.6 is 35.0 Å². The van der Waals surface area contributed by atoms with Crippen LogP contribution in [0.25, 0.3) is 0 Å². The Kier molecular flexibility index (Phi) is 5.10. The topological polar surface area (TPSA) is 26.0 Å². The lowest BCUT2D eigenvalue weighted by Gasteiger charge is -2.06. The molecule has 1 aromatic carbocycles. The fourth-order valence-corrected chi connectivity index (χ4v) is 2.59. The Balaban J connectivity index is 2.53. The van der Waals surface area contributed by atoms with Gasteiger partial charge in [0.1, 0.15) is 0 Å². The number of hydrogen-bond donors (Lipinski definition) is 1. The smallest absolute Gasteiger partial charge is 0.0542 e. The van der Waals surface area contributed by atoms with Gasteiger partial charge in [-0.2, -0.15) is 0 Å². The summed E-state index contributed by atoms with van der Waals surface area (Å²) in [6.45, 7) is 2.00. The van der Waals surface area contributed by atoms with Gasteiger partial charge < -0.3 is 5.73 Å². The van der Waals surface area contributed by atoms with Gasteiger partial charge in [0.15, 0.2) is 0 Å². The monoisotopic (exact) mass is 249 g/mol. The number of nitrogens with two attached hydrogens (primary N) is 1. The van der Waals surface area contributed by atoms with Crippen LogP contribution in [0.1, 0.15) is 13.3 Å². The van der Waals surface area contributed by atoms with E-state index in [1.807, 2.05) is 19.1 Å². The number of benzene rings is 1. The van der Waals surface area contributed by atoms with Crippen molar-refractivity contribution in [3.63, 3.8) is 0 Å². The van der Waals surface area contributed by atoms with Crippen molar-refractivity contribution in [3.05, 3.63) is 28.2 Å². The van der Waals surface area contributed by atoms with Crippen LogP contribution < -0.4 is 5.73 Å². The van der Waals surface area contributed by atoms with Crippen LogP contribution in [0.4, 0.5) is 0 Å². The molecule has 1 atom stereocenters. The second kappa shape index (κ2) is 5.86. The van der Waals surface area contributed by atoms with Gasteiger partial charge in [0.05, 0.1) is 5.02 Å². The lowest BCUT2D eigenvalue weighted by molar-refractivity contribution is 0.721. The third-order valence-corrected chi connectivity index (χ3v) is 3.49. The highest BCUT2D eigenvalue weighted by atomic mass is 35.5. The summed E-state index contributed by atoms with van der Waals surface area (Å²) in [4.78, 5) is 1.03. The van der Waals surface area contributed by atoms with Gasteiger partial charge in [-0.25, -0.2) is 0 Å². The van der Waals surface area contributed by atoms with Crippen LogP contribution in [-0.2, 0) is 0 Å². The van der Waals surface area contributed by atoms with E-state index in [-0.39, 0.29) is 6.04 Å². The molecule has 0 heterocycles. The average Bonchev–Trinajstić information content (AvgIpc) is 2.10. The Morgan fingerprint density at radius 1 is 1.43 bits per heavy atom. The van der Waals surface area contributed by atoms with Gasteiger partial charge in [-0.3, -0.25) is 0 Å². The van der Waals surface area contributed by atoms with Crippen LogP contribution in [0.3, 0.4) is 0 Å². The lowest BCUT2D eigenvalue weighted by Crippen LogP contribution is -2.15. The fourth-order valence-electron chi connectivity index (χ4n) is 0.943. The quantitative estimate of drug-likeness (QED) is 0.822. The molecule has 1 nitrogen and oxygen atoms in total. The first kappa shape index (κ1) is 12.2. The van der Waals surface area contributed by atoms with Crippen LogP contribution in [-0.4, -0.2) is 11.8 Å². The van der Waals surface area contributed by atoms with Gasteiger partial charge in [-0.15, -0.1) is 11.8 Å². The van der Waals surface area contributed by atoms with E-state index < -0.39 is 0 Å². The minimum atomic E-state index is 0.237. The summed E-state index contributed by atoms with van der Waals surface area (Å²) in [6.07, 6.45) is 0.980. The molecule has 0 spiro atoms. The predicted octanol–water partition coefficient (Wildman–Crippen LogP) is 3.82. The highest BCUT2D eigenvalue weighted by molar-refractivity contribution is 7.99. The van der Waals surface area contributed by atoms with Gasteiger partial charge in [-0.05, 0) is 37.3 Å². The molecule has 4 heteroatoms. The van der Waals surface area contributed by atoms with Crippen molar-refractivity contribution in [1.29, 1.82) is 0 Å². The zero-order valence-corrected chi connectivity index (χ0v) is 10.3. The van der Waals surface area contributed by atoms with E-state index in [0.717, 1.165) is 27.1 Å². The molecule has 1 unspecified atom stereocenters. The van der Waals surface area contributed by atoms with Crippen molar-refractivity contribution in [2.45, 2.75) is 24.3 Å². The van der Waals surface area contributed by atoms with E-state index in [4.69, 9.17) is 28.9 Å². The standard InChI is InChI=1S/C10H13Cl2NS/c1-7(13)4-5-14-10-6-8(11)2-3-9(10)12/h2-3,6-7H,4-5,13H2,1H3. The summed E-state index contributed by atoms with van der Waals surface area (Å²) >= 11 is 13.6. The molecule has 14 heavy (non-hydrogen) atoms. The van der Waals surface area contributed by atoms with E-state index in [1.54, 1.807) is 17.8 Å². The second-order valence-electron chi connectivity index (χ2n) is 3.19. The highest BCUT2D eigenvalue weighted by Crippen LogP contribution is 2.30. The predicted molar refractivity (Wildman–Crippen MR) is 65.5 cm³/mol. The number of thioether (sulfide) groups is 1. The molecule has 1 aromatic rings. The first-order valence-corrected chi connectivity index (χ1v) is 6.17. The van der Waals surface area contributed by atoms with Crippen LogP contribution in [0, 0.1) is 0 Å². The maximum absolute atomic E-state index is 6.00. The van der Waals surface area contributed by atoms with Crippen molar-refractivity contribution in [1.82, 2.24) is 0 Å². The maximum atomic E-state index is 6.00. The van der Waals surface area contributed by atoms with E-state index >= 15 is 0 Å². The van der Waals surface area contributed by atoms with Crippen molar-refractivity contribution in [2.24, 2.45) is 5.73 Å². The molecular formula is C10H13Cl2NS. The first-order chi connectivity index (χ1) is 6.59. The van der Waals surface area contributed by atoms with Crippen molar-refractivity contribution in [2.75, 3.05) is 5.75 Å². The summed E-state index contributed by atoms with van der Waals surface area (Å²) < 4.78 is 0. The van der Waals surface area contributed by atoms with E-state index in [1.165, 1.54) is 0 Å². The SMILES string of the molecule is CC(N)CCSc1cc(Cl)ccc1Cl. The molecule has 0 saturated heterocycles. The molecule has 0 aliphatic rings. The van der Waals surface area contributed by atoms with E-state index in [0.29, 0.717) is 0 Å². The molecule has 0 aliphatic carbocycles. The van der Waals surface area contributed by atoms with Crippen molar-refractivity contribution >= 4 is 35.0 Å². The molecule has 0 aliphatic heterocycles. The molecule has 0 amide bonds. The Morgan fingerprint density at radius 3 is 2.79 bits per heavy atom. The van der Waals surface area contributed by atoms with Crippen molar-refractivity contribution < 1.29 is 0 Å². The number of halogens is 2. The molecule has 1 rings (SSSR count). The molecule has 78 valence electrons. The van der Waals surface area contributed by atoms with E-state index in [2.05, 4.69) is 0 Å². The number of rotatable bonds is 4. The minimum Gasteiger partial charge on any atom is -0.328 e. The zero-order chi connectivity index (χ0) is 10.6. The molecular weight excluding hydrogens is 237 g/mol. The Morgan fingerprint density at radius 2 is 2.14 bits per heavy atom. The largest absolute Gasteiger partial charge is 0.328 e. The minimum absolute atomic E-state index is 0.237. The third-order valence-electron chi connectivity index (χ3n) is 1.72. The van der Waals surface area contributed by atoms with Gasteiger partial charge in [-0.1, -0.05) is 23.2 Å². The van der Waals surface area contributed by atoms with Crippen molar-refractivity contribution in [3.8, 4) is 0 Å². The summed E-state index contributed by atoms with van der Waals surface area (Å²) in [5, 5.41) is 1.47. The molecule has 0 aromatic heterocycles. The summed E-state index contributed by atoms with van der Waals surface area (Å²) in [5.74, 6) is 0.970. The molecule has 0 saturated carbocycles. The number of hydrogen-bond acceptors (Lipinski definition) is 2. The fraction of sp³-hybridized carbons (Fsp3) is 0.400. The van der Waals surface area contributed by atoms with Gasteiger partial charge in [0, 0.05) is 16.0 Å². The zero-order valence-electron chi connectivity index (χ0n) is 7.97. The summed E-state index contributed by atoms with van der Waals surface area (Å²) in [7, 11) is 0. The van der Waals surface area contributed by atoms with Gasteiger partial charge in [0.25, 0.3) is 0 Å². The molecule has 0 fully saturated rings. The highest BCUT2D eigenvalue weighted by Gasteiger charge is 2.02. The van der Waals surface area contributed by atoms with E-state index in [9.17, 15) is 0 Å². The third kappa shape index (κ3) is 4.09. The lowest BCUT2D eigenvalue weighted by atomic mass is 10.3. The van der Waals surface area contributed by atoms with Gasteiger partial charge >= 0.3 is 0 Å². The molecule has 0 radical (unpaired) electrons. The second-order valence-corrected chi connectivity index (χ2v) is 5.17. The van der Waals surface area contributed by atoms with Crippen LogP contribution in [0.2, 0.25) is 10.0 Å². The Labute approximate surface area is 99.0 Å². The van der Waals surface area contributed by atoms with Crippen LogP contribution in [0.15, 0.2) is 23.1 Å². The Hall–Kier alpha value is 0.110. The van der Waals surface area contributed by atoms with Gasteiger partial charge in [0.2, 0.25) is 0 Å². The van der Waals surface area contributed by atoms with Crippen LogP contribution in [0.5, 0.6) is 0 Å². The Bertz CT molecular complexity index is 302. The maximum Gasteiger partial charge on any atom is 0.0542 e. The molecule has 2 N–H and O–H groups in total.